The van der Waals surface area contributed by atoms with Crippen LogP contribution in [0.5, 0.6) is 0 Å². The van der Waals surface area contributed by atoms with E-state index in [1.54, 1.807) is 0 Å². The number of para-hydroxylation sites is 1. The second-order valence-corrected chi connectivity index (χ2v) is 6.63. The molecular weight excluding hydrogens is 282 g/mol. The number of aromatic nitrogens is 1. The Morgan fingerprint density at radius 3 is 2.67 bits per heavy atom. The minimum atomic E-state index is 0.600. The fourth-order valence-electron chi connectivity index (χ4n) is 3.15. The van der Waals surface area contributed by atoms with Gasteiger partial charge in [0.25, 0.3) is 0 Å². The maximum absolute atomic E-state index is 6.46. The molecule has 1 aliphatic rings. The summed E-state index contributed by atoms with van der Waals surface area (Å²) >= 11 is 6.46. The van der Waals surface area contributed by atoms with Crippen LogP contribution >= 0.6 is 11.6 Å². The monoisotopic (exact) mass is 305 g/mol. The van der Waals surface area contributed by atoms with E-state index in [4.69, 9.17) is 11.6 Å². The summed E-state index contributed by atoms with van der Waals surface area (Å²) in [7, 11) is 0. The van der Waals surface area contributed by atoms with E-state index in [0.717, 1.165) is 28.2 Å². The number of halogens is 1. The number of benzene rings is 1. The van der Waals surface area contributed by atoms with E-state index in [-0.39, 0.29) is 0 Å². The highest BCUT2D eigenvalue weighted by Gasteiger charge is 2.20. The van der Waals surface area contributed by atoms with Gasteiger partial charge in [-0.3, -0.25) is 0 Å². The number of nitrogens with one attached hydrogen (secondary N) is 2. The molecule has 3 rings (SSSR count). The highest BCUT2D eigenvalue weighted by molar-refractivity contribution is 6.36. The summed E-state index contributed by atoms with van der Waals surface area (Å²) in [5, 5.41) is 5.63. The zero-order valence-corrected chi connectivity index (χ0v) is 13.6. The Hall–Kier alpha value is -1.03. The number of hydrogen-bond acceptors (Lipinski definition) is 2. The number of piperidine rings is 1. The Bertz CT molecular complexity index is 597. The first-order valence-electron chi connectivity index (χ1n) is 7.87. The lowest BCUT2D eigenvalue weighted by molar-refractivity contribution is 0.160. The molecule has 1 aliphatic heterocycles. The molecule has 0 atom stereocenters. The molecule has 0 radical (unpaired) electrons. The van der Waals surface area contributed by atoms with Crippen molar-refractivity contribution < 1.29 is 0 Å². The van der Waals surface area contributed by atoms with Crippen molar-refractivity contribution in [3.05, 3.63) is 35.0 Å². The first-order chi connectivity index (χ1) is 10.1. The van der Waals surface area contributed by atoms with Gasteiger partial charge in [0.05, 0.1) is 5.02 Å². The van der Waals surface area contributed by atoms with Crippen molar-refractivity contribution in [2.75, 3.05) is 13.1 Å². The largest absolute Gasteiger partial charge is 0.356 e. The van der Waals surface area contributed by atoms with Gasteiger partial charge in [-0.1, -0.05) is 29.8 Å². The van der Waals surface area contributed by atoms with Gasteiger partial charge in [0.15, 0.2) is 0 Å². The summed E-state index contributed by atoms with van der Waals surface area (Å²) < 4.78 is 0. The maximum atomic E-state index is 6.46. The highest BCUT2D eigenvalue weighted by Crippen LogP contribution is 2.27. The maximum Gasteiger partial charge on any atom is 0.0705 e. The van der Waals surface area contributed by atoms with Crippen LogP contribution in [0.1, 0.15) is 32.4 Å². The van der Waals surface area contributed by atoms with Gasteiger partial charge in [0.1, 0.15) is 0 Å². The quantitative estimate of drug-likeness (QED) is 0.900. The van der Waals surface area contributed by atoms with Crippen LogP contribution in [0.15, 0.2) is 24.3 Å². The predicted molar refractivity (Wildman–Crippen MR) is 89.9 cm³/mol. The van der Waals surface area contributed by atoms with E-state index in [1.165, 1.54) is 25.9 Å². The third-order valence-electron chi connectivity index (χ3n) is 4.54. The Labute approximate surface area is 131 Å². The molecular formula is C17H24ClN3. The van der Waals surface area contributed by atoms with Crippen molar-refractivity contribution in [1.29, 1.82) is 0 Å². The number of likely N-dealkylation sites (tertiary alicyclic amines) is 1. The van der Waals surface area contributed by atoms with Gasteiger partial charge < -0.3 is 15.2 Å². The first-order valence-corrected chi connectivity index (χ1v) is 8.25. The number of H-pyrrole nitrogens is 1. The summed E-state index contributed by atoms with van der Waals surface area (Å²) in [6.07, 6.45) is 2.44. The lowest BCUT2D eigenvalue weighted by Gasteiger charge is -2.35. The van der Waals surface area contributed by atoms with E-state index < -0.39 is 0 Å². The Balaban J connectivity index is 1.59. The normalized spacial score (nSPS) is 17.9. The van der Waals surface area contributed by atoms with Gasteiger partial charge in [-0.15, -0.1) is 0 Å². The zero-order valence-electron chi connectivity index (χ0n) is 12.8. The molecule has 3 nitrogen and oxygen atoms in total. The summed E-state index contributed by atoms with van der Waals surface area (Å²) in [5.74, 6) is 0. The molecule has 1 saturated heterocycles. The van der Waals surface area contributed by atoms with Crippen molar-refractivity contribution in [2.24, 2.45) is 0 Å². The number of hydrogen-bond donors (Lipinski definition) is 2. The third kappa shape index (κ3) is 3.25. The smallest absolute Gasteiger partial charge is 0.0705 e. The van der Waals surface area contributed by atoms with Gasteiger partial charge >= 0.3 is 0 Å². The third-order valence-corrected chi connectivity index (χ3v) is 4.97. The fourth-order valence-corrected chi connectivity index (χ4v) is 3.43. The lowest BCUT2D eigenvalue weighted by Crippen LogP contribution is -2.44. The molecule has 1 aromatic heterocycles. The van der Waals surface area contributed by atoms with Crippen LogP contribution in [-0.4, -0.2) is 35.1 Å². The Kier molecular flexibility index (Phi) is 4.53. The summed E-state index contributed by atoms with van der Waals surface area (Å²) in [4.78, 5) is 5.98. The van der Waals surface area contributed by atoms with E-state index in [0.29, 0.717) is 12.1 Å². The molecule has 0 amide bonds. The van der Waals surface area contributed by atoms with Crippen LogP contribution in [0.2, 0.25) is 5.02 Å². The number of aromatic amines is 1. The van der Waals surface area contributed by atoms with Crippen LogP contribution in [0.3, 0.4) is 0 Å². The van der Waals surface area contributed by atoms with Gasteiger partial charge in [0, 0.05) is 35.2 Å². The van der Waals surface area contributed by atoms with Crippen LogP contribution in [-0.2, 0) is 6.54 Å². The van der Waals surface area contributed by atoms with Crippen molar-refractivity contribution in [3.8, 4) is 0 Å². The minimum Gasteiger partial charge on any atom is -0.356 e. The zero-order chi connectivity index (χ0) is 14.8. The van der Waals surface area contributed by atoms with Gasteiger partial charge in [0.2, 0.25) is 0 Å². The average Bonchev–Trinajstić information content (AvgIpc) is 2.82. The van der Waals surface area contributed by atoms with Crippen LogP contribution in [0, 0.1) is 0 Å². The van der Waals surface area contributed by atoms with Crippen molar-refractivity contribution >= 4 is 22.5 Å². The summed E-state index contributed by atoms with van der Waals surface area (Å²) in [5.41, 5.74) is 2.22. The second-order valence-electron chi connectivity index (χ2n) is 6.25. The Morgan fingerprint density at radius 2 is 2.00 bits per heavy atom. The summed E-state index contributed by atoms with van der Waals surface area (Å²) in [6, 6.07) is 9.47. The highest BCUT2D eigenvalue weighted by atomic mass is 35.5. The van der Waals surface area contributed by atoms with Gasteiger partial charge in [-0.05, 0) is 45.8 Å². The van der Waals surface area contributed by atoms with E-state index in [9.17, 15) is 0 Å². The van der Waals surface area contributed by atoms with Crippen LogP contribution in [0.25, 0.3) is 10.9 Å². The average molecular weight is 306 g/mol. The van der Waals surface area contributed by atoms with E-state index >= 15 is 0 Å². The molecule has 2 N–H and O–H groups in total. The number of nitrogens with zero attached hydrogens (tertiary/aromatic N) is 1. The van der Waals surface area contributed by atoms with E-state index in [1.807, 2.05) is 12.1 Å². The molecule has 1 fully saturated rings. The van der Waals surface area contributed by atoms with Gasteiger partial charge in [-0.25, -0.2) is 0 Å². The molecule has 0 bridgehead atoms. The number of rotatable bonds is 4. The first kappa shape index (κ1) is 14.9. The fraction of sp³-hybridized carbons (Fsp3) is 0.529. The molecule has 0 saturated carbocycles. The molecule has 4 heteroatoms. The molecule has 2 aromatic rings. The SMILES string of the molecule is CC(C)N1CCC(NCc2[nH]c3ccccc3c2Cl)CC1. The topological polar surface area (TPSA) is 31.1 Å². The van der Waals surface area contributed by atoms with Crippen molar-refractivity contribution in [3.63, 3.8) is 0 Å². The van der Waals surface area contributed by atoms with Crippen molar-refractivity contribution in [1.82, 2.24) is 15.2 Å². The molecule has 0 spiro atoms. The second kappa shape index (κ2) is 6.39. The van der Waals surface area contributed by atoms with Crippen LogP contribution in [0.4, 0.5) is 0 Å². The predicted octanol–water partition coefficient (Wildman–Crippen LogP) is 3.78. The molecule has 2 heterocycles. The molecule has 114 valence electrons. The van der Waals surface area contributed by atoms with Crippen LogP contribution < -0.4 is 5.32 Å². The molecule has 0 aliphatic carbocycles. The van der Waals surface area contributed by atoms with Crippen molar-refractivity contribution in [2.45, 2.75) is 45.3 Å². The lowest BCUT2D eigenvalue weighted by atomic mass is 10.0. The molecule has 21 heavy (non-hydrogen) atoms. The van der Waals surface area contributed by atoms with Gasteiger partial charge in [-0.2, -0.15) is 0 Å². The standard InChI is InChI=1S/C17H24ClN3/c1-12(2)21-9-7-13(8-10-21)19-11-16-17(18)14-5-3-4-6-15(14)20-16/h3-6,12-13,19-20H,7-11H2,1-2H3. The summed E-state index contributed by atoms with van der Waals surface area (Å²) in [6.45, 7) is 7.75. The van der Waals surface area contributed by atoms with E-state index in [2.05, 4.69) is 41.2 Å². The minimum absolute atomic E-state index is 0.600. The number of fused-ring (bicyclic) bond motifs is 1. The molecule has 0 unspecified atom stereocenters. The molecule has 1 aromatic carbocycles. The Morgan fingerprint density at radius 1 is 1.29 bits per heavy atom.